The van der Waals surface area contributed by atoms with Gasteiger partial charge in [0.25, 0.3) is 0 Å². The van der Waals surface area contributed by atoms with Crippen molar-refractivity contribution in [2.45, 2.75) is 37.9 Å². The van der Waals surface area contributed by atoms with Crippen molar-refractivity contribution in [1.29, 1.82) is 0 Å². The molecule has 0 aromatic heterocycles. The van der Waals surface area contributed by atoms with Crippen LogP contribution in [-0.4, -0.2) is 55.7 Å². The van der Waals surface area contributed by atoms with Crippen LogP contribution in [0.4, 0.5) is 0 Å². The van der Waals surface area contributed by atoms with Crippen molar-refractivity contribution in [2.75, 3.05) is 32.8 Å². The fraction of sp³-hybridized carbons (Fsp3) is 0.611. The van der Waals surface area contributed by atoms with Gasteiger partial charge in [-0.3, -0.25) is 9.69 Å². The van der Waals surface area contributed by atoms with Crippen LogP contribution in [-0.2, 0) is 16.1 Å². The molecule has 3 rings (SSSR count). The Morgan fingerprint density at radius 2 is 2.08 bits per heavy atom. The Bertz CT molecular complexity index is 498. The van der Waals surface area contributed by atoms with Gasteiger partial charge in [-0.15, -0.1) is 24.8 Å². The van der Waals surface area contributed by atoms with Crippen molar-refractivity contribution in [3.63, 3.8) is 0 Å². The van der Waals surface area contributed by atoms with Gasteiger partial charge in [0.1, 0.15) is 0 Å². The van der Waals surface area contributed by atoms with Gasteiger partial charge in [-0.1, -0.05) is 30.3 Å². The summed E-state index contributed by atoms with van der Waals surface area (Å²) in [4.78, 5) is 14.6. The number of ether oxygens (including phenoxy) is 1. The maximum absolute atomic E-state index is 12.1. The minimum atomic E-state index is 0. The first-order valence-corrected chi connectivity index (χ1v) is 8.67. The van der Waals surface area contributed by atoms with E-state index in [1.54, 1.807) is 0 Å². The lowest BCUT2D eigenvalue weighted by atomic mass is 10.1. The molecule has 0 aliphatic carbocycles. The minimum Gasteiger partial charge on any atom is -0.378 e. The van der Waals surface area contributed by atoms with E-state index in [1.807, 2.05) is 6.07 Å². The Hall–Kier alpha value is -0.850. The maximum atomic E-state index is 12.1. The van der Waals surface area contributed by atoms with Crippen LogP contribution < -0.4 is 10.6 Å². The third-order valence-corrected chi connectivity index (χ3v) is 4.69. The number of carbonyl (C=O) groups excluding carboxylic acids is 1. The highest BCUT2D eigenvalue weighted by atomic mass is 35.5. The van der Waals surface area contributed by atoms with E-state index in [4.69, 9.17) is 4.74 Å². The Labute approximate surface area is 162 Å². The van der Waals surface area contributed by atoms with Gasteiger partial charge in [-0.25, -0.2) is 0 Å². The van der Waals surface area contributed by atoms with Crippen molar-refractivity contribution in [3.8, 4) is 0 Å². The molecule has 1 amide bonds. The third kappa shape index (κ3) is 7.12. The van der Waals surface area contributed by atoms with Crippen molar-refractivity contribution < 1.29 is 9.53 Å². The Kier molecular flexibility index (Phi) is 10.4. The SMILES string of the molecule is Cl.Cl.O=C(CC1COCCN1)NCC1CCCN1Cc1ccccc1. The molecule has 0 saturated carbocycles. The molecule has 5 nitrogen and oxygen atoms in total. The predicted octanol–water partition coefficient (Wildman–Crippen LogP) is 1.99. The molecular formula is C18H29Cl2N3O2. The number of hydrogen-bond donors (Lipinski definition) is 2. The summed E-state index contributed by atoms with van der Waals surface area (Å²) < 4.78 is 5.39. The molecule has 25 heavy (non-hydrogen) atoms. The lowest BCUT2D eigenvalue weighted by Crippen LogP contribution is -2.46. The van der Waals surface area contributed by atoms with Crippen molar-refractivity contribution in [2.24, 2.45) is 0 Å². The molecule has 2 unspecified atom stereocenters. The highest BCUT2D eigenvalue weighted by Gasteiger charge is 2.25. The van der Waals surface area contributed by atoms with Crippen molar-refractivity contribution in [3.05, 3.63) is 35.9 Å². The summed E-state index contributed by atoms with van der Waals surface area (Å²) in [5.41, 5.74) is 1.34. The van der Waals surface area contributed by atoms with E-state index >= 15 is 0 Å². The summed E-state index contributed by atoms with van der Waals surface area (Å²) in [6.07, 6.45) is 2.88. The molecule has 2 heterocycles. The predicted molar refractivity (Wildman–Crippen MR) is 105 cm³/mol. The number of likely N-dealkylation sites (tertiary alicyclic amines) is 1. The van der Waals surface area contributed by atoms with Gasteiger partial charge < -0.3 is 15.4 Å². The Morgan fingerprint density at radius 1 is 1.28 bits per heavy atom. The molecular weight excluding hydrogens is 361 g/mol. The molecule has 7 heteroatoms. The van der Waals surface area contributed by atoms with Gasteiger partial charge in [0.05, 0.1) is 13.2 Å². The summed E-state index contributed by atoms with van der Waals surface area (Å²) in [6, 6.07) is 11.2. The largest absolute Gasteiger partial charge is 0.378 e. The number of rotatable bonds is 6. The van der Waals surface area contributed by atoms with Crippen LogP contribution in [0.2, 0.25) is 0 Å². The second-order valence-electron chi connectivity index (χ2n) is 6.49. The zero-order valence-electron chi connectivity index (χ0n) is 14.5. The monoisotopic (exact) mass is 389 g/mol. The first-order chi connectivity index (χ1) is 11.3. The molecule has 2 aliphatic heterocycles. The first kappa shape index (κ1) is 22.2. The number of morpholine rings is 1. The summed E-state index contributed by atoms with van der Waals surface area (Å²) in [6.45, 7) is 5.06. The average Bonchev–Trinajstić information content (AvgIpc) is 3.02. The van der Waals surface area contributed by atoms with E-state index in [9.17, 15) is 4.79 Å². The average molecular weight is 390 g/mol. The Morgan fingerprint density at radius 3 is 2.80 bits per heavy atom. The molecule has 1 aromatic carbocycles. The van der Waals surface area contributed by atoms with Crippen LogP contribution >= 0.6 is 24.8 Å². The van der Waals surface area contributed by atoms with E-state index in [0.717, 1.165) is 39.2 Å². The standard InChI is InChI=1S/C18H27N3O2.2ClH/c22-18(11-16-14-23-10-8-19-16)20-12-17-7-4-9-21(17)13-15-5-2-1-3-6-15;;/h1-3,5-6,16-17,19H,4,7-14H2,(H,20,22);2*1H. The van der Waals surface area contributed by atoms with Gasteiger partial charge >= 0.3 is 0 Å². The van der Waals surface area contributed by atoms with Crippen LogP contribution in [0.5, 0.6) is 0 Å². The second-order valence-corrected chi connectivity index (χ2v) is 6.49. The number of carbonyl (C=O) groups is 1. The van der Waals surface area contributed by atoms with E-state index in [1.165, 1.54) is 12.0 Å². The lowest BCUT2D eigenvalue weighted by molar-refractivity contribution is -0.122. The highest BCUT2D eigenvalue weighted by molar-refractivity contribution is 5.85. The molecule has 2 atom stereocenters. The number of nitrogens with one attached hydrogen (secondary N) is 2. The fourth-order valence-corrected chi connectivity index (χ4v) is 3.43. The number of halogens is 2. The fourth-order valence-electron chi connectivity index (χ4n) is 3.43. The second kappa shape index (κ2) is 11.7. The molecule has 142 valence electrons. The molecule has 2 fully saturated rings. The van der Waals surface area contributed by atoms with Crippen LogP contribution in [0, 0.1) is 0 Å². The summed E-state index contributed by atoms with van der Waals surface area (Å²) in [5.74, 6) is 0.125. The van der Waals surface area contributed by atoms with Crippen molar-refractivity contribution in [1.82, 2.24) is 15.5 Å². The molecule has 0 bridgehead atoms. The summed E-state index contributed by atoms with van der Waals surface area (Å²) in [5, 5.41) is 6.43. The molecule has 2 N–H and O–H groups in total. The number of hydrogen-bond acceptors (Lipinski definition) is 4. The smallest absolute Gasteiger partial charge is 0.221 e. The molecule has 2 aliphatic rings. The van der Waals surface area contributed by atoms with Gasteiger partial charge in [-0.2, -0.15) is 0 Å². The third-order valence-electron chi connectivity index (χ3n) is 4.69. The zero-order valence-corrected chi connectivity index (χ0v) is 16.1. The maximum Gasteiger partial charge on any atom is 0.221 e. The number of benzene rings is 1. The summed E-state index contributed by atoms with van der Waals surface area (Å²) in [7, 11) is 0. The molecule has 0 spiro atoms. The highest BCUT2D eigenvalue weighted by Crippen LogP contribution is 2.19. The zero-order chi connectivity index (χ0) is 15.9. The van der Waals surface area contributed by atoms with Crippen LogP contribution in [0.3, 0.4) is 0 Å². The summed E-state index contributed by atoms with van der Waals surface area (Å²) >= 11 is 0. The van der Waals surface area contributed by atoms with E-state index < -0.39 is 0 Å². The quantitative estimate of drug-likeness (QED) is 0.780. The lowest BCUT2D eigenvalue weighted by Gasteiger charge is -2.26. The van der Waals surface area contributed by atoms with Crippen molar-refractivity contribution >= 4 is 30.7 Å². The molecule has 2 saturated heterocycles. The van der Waals surface area contributed by atoms with Gasteiger partial charge in [-0.05, 0) is 24.9 Å². The van der Waals surface area contributed by atoms with Crippen LogP contribution in [0.25, 0.3) is 0 Å². The van der Waals surface area contributed by atoms with E-state index in [2.05, 4.69) is 39.8 Å². The van der Waals surface area contributed by atoms with E-state index in [0.29, 0.717) is 19.1 Å². The normalized spacial score (nSPS) is 23.4. The van der Waals surface area contributed by atoms with Gasteiger partial charge in [0, 0.05) is 38.1 Å². The minimum absolute atomic E-state index is 0. The molecule has 1 aromatic rings. The van der Waals surface area contributed by atoms with E-state index in [-0.39, 0.29) is 36.8 Å². The van der Waals surface area contributed by atoms with Gasteiger partial charge in [0.2, 0.25) is 5.91 Å². The number of nitrogens with zero attached hydrogens (tertiary/aromatic N) is 1. The molecule has 0 radical (unpaired) electrons. The first-order valence-electron chi connectivity index (χ1n) is 8.67. The van der Waals surface area contributed by atoms with Crippen LogP contribution in [0.1, 0.15) is 24.8 Å². The number of amides is 1. The van der Waals surface area contributed by atoms with Gasteiger partial charge in [0.15, 0.2) is 0 Å². The van der Waals surface area contributed by atoms with Crippen LogP contribution in [0.15, 0.2) is 30.3 Å². The Balaban J connectivity index is 0.00000156. The topological polar surface area (TPSA) is 53.6 Å².